The quantitative estimate of drug-likeness (QED) is 0.814. The summed E-state index contributed by atoms with van der Waals surface area (Å²) in [4.78, 5) is 0. The minimum Gasteiger partial charge on any atom is -0.284 e. The van der Waals surface area contributed by atoms with Gasteiger partial charge in [0.2, 0.25) is 0 Å². The Kier molecular flexibility index (Phi) is 3.24. The SMILES string of the molecule is O=S(=O)(c1cc[nH]n1)N(PC1CC1)PC1CC1. The van der Waals surface area contributed by atoms with E-state index in [9.17, 15) is 8.42 Å². The molecule has 1 N–H and O–H groups in total. The van der Waals surface area contributed by atoms with Crippen molar-refractivity contribution < 1.29 is 8.42 Å². The molecule has 1 aromatic heterocycles. The van der Waals surface area contributed by atoms with Crippen LogP contribution in [-0.4, -0.2) is 33.8 Å². The van der Waals surface area contributed by atoms with Crippen molar-refractivity contribution in [3.63, 3.8) is 0 Å². The average molecular weight is 291 g/mol. The molecule has 2 aliphatic carbocycles. The molecule has 0 spiro atoms. The van der Waals surface area contributed by atoms with E-state index in [1.165, 1.54) is 31.7 Å². The van der Waals surface area contributed by atoms with Crippen LogP contribution in [0, 0.1) is 0 Å². The van der Waals surface area contributed by atoms with Gasteiger partial charge in [0.1, 0.15) is 0 Å². The molecule has 2 aliphatic rings. The summed E-state index contributed by atoms with van der Waals surface area (Å²) in [7, 11) is -2.52. The zero-order chi connectivity index (χ0) is 11.9. The number of sulfonamides is 1. The van der Waals surface area contributed by atoms with Gasteiger partial charge in [0.25, 0.3) is 10.0 Å². The minimum absolute atomic E-state index is 0.166. The lowest BCUT2D eigenvalue weighted by molar-refractivity contribution is 0.576. The first-order valence-corrected chi connectivity index (χ1v) is 9.22. The minimum atomic E-state index is -3.35. The van der Waals surface area contributed by atoms with Gasteiger partial charge in [0.05, 0.1) is 0 Å². The zero-order valence-corrected chi connectivity index (χ0v) is 12.1. The van der Waals surface area contributed by atoms with Crippen molar-refractivity contribution in [2.24, 2.45) is 0 Å². The van der Waals surface area contributed by atoms with E-state index in [4.69, 9.17) is 0 Å². The van der Waals surface area contributed by atoms with Gasteiger partial charge in [-0.1, -0.05) is 0 Å². The summed E-state index contributed by atoms with van der Waals surface area (Å²) in [5.41, 5.74) is 1.21. The smallest absolute Gasteiger partial charge is 0.268 e. The van der Waals surface area contributed by atoms with Gasteiger partial charge in [-0.15, -0.1) is 0 Å². The molecule has 3 rings (SSSR count). The van der Waals surface area contributed by atoms with Gasteiger partial charge < -0.3 is 0 Å². The Balaban J connectivity index is 1.79. The summed E-state index contributed by atoms with van der Waals surface area (Å²) in [6.07, 6.45) is 6.28. The molecular formula is C9H15N3O2P2S. The standard InChI is InChI=1S/C9H15N3O2P2S/c13-17(14,9-5-6-10-11-9)12(15-7-1-2-7)16-8-3-4-8/h5-8,15-16H,1-4H2,(H,10,11). The highest BCUT2D eigenvalue weighted by atomic mass is 32.2. The second-order valence-electron chi connectivity index (χ2n) is 4.49. The summed E-state index contributed by atoms with van der Waals surface area (Å²) in [6, 6.07) is 1.54. The molecule has 0 saturated heterocycles. The van der Waals surface area contributed by atoms with Crippen molar-refractivity contribution in [3.05, 3.63) is 12.3 Å². The Bertz CT molecular complexity index is 468. The van der Waals surface area contributed by atoms with E-state index in [1.54, 1.807) is 10.0 Å². The Hall–Kier alpha value is -0.0200. The Morgan fingerprint density at radius 1 is 1.24 bits per heavy atom. The van der Waals surface area contributed by atoms with Crippen molar-refractivity contribution in [2.75, 3.05) is 0 Å². The third kappa shape index (κ3) is 2.87. The third-order valence-corrected chi connectivity index (χ3v) is 9.17. The molecule has 0 radical (unpaired) electrons. The second kappa shape index (κ2) is 4.58. The van der Waals surface area contributed by atoms with E-state index in [0.29, 0.717) is 28.8 Å². The van der Waals surface area contributed by atoms with Crippen molar-refractivity contribution in [1.82, 2.24) is 14.0 Å². The highest BCUT2D eigenvalue weighted by Crippen LogP contribution is 2.54. The molecule has 0 aromatic carbocycles. The molecule has 0 aliphatic heterocycles. The van der Waals surface area contributed by atoms with Crippen molar-refractivity contribution in [2.45, 2.75) is 42.0 Å². The number of rotatable bonds is 6. The molecule has 1 aromatic rings. The summed E-state index contributed by atoms with van der Waals surface area (Å²) >= 11 is 0. The van der Waals surface area contributed by atoms with Gasteiger partial charge in [-0.2, -0.15) is 8.94 Å². The van der Waals surface area contributed by atoms with Gasteiger partial charge in [0, 0.05) is 6.20 Å². The first kappa shape index (κ1) is 12.0. The van der Waals surface area contributed by atoms with E-state index >= 15 is 0 Å². The molecule has 5 nitrogen and oxygen atoms in total. The van der Waals surface area contributed by atoms with E-state index in [1.807, 2.05) is 0 Å². The molecule has 1 heterocycles. The Labute approximate surface area is 104 Å². The van der Waals surface area contributed by atoms with Crippen molar-refractivity contribution in [3.8, 4) is 0 Å². The van der Waals surface area contributed by atoms with E-state index in [0.717, 1.165) is 0 Å². The van der Waals surface area contributed by atoms with Crippen LogP contribution in [0.2, 0.25) is 0 Å². The lowest BCUT2D eigenvalue weighted by Crippen LogP contribution is -2.17. The predicted molar refractivity (Wildman–Crippen MR) is 70.3 cm³/mol. The summed E-state index contributed by atoms with van der Waals surface area (Å²) in [6.45, 7) is 0. The number of H-pyrrole nitrogens is 1. The van der Waals surface area contributed by atoms with Crippen LogP contribution in [0.15, 0.2) is 17.3 Å². The largest absolute Gasteiger partial charge is 0.284 e. The zero-order valence-electron chi connectivity index (χ0n) is 9.26. The number of aromatic amines is 1. The fourth-order valence-electron chi connectivity index (χ4n) is 1.42. The number of hydrogen-bond acceptors (Lipinski definition) is 3. The maximum atomic E-state index is 12.4. The Morgan fingerprint density at radius 2 is 1.82 bits per heavy atom. The molecule has 2 fully saturated rings. The lowest BCUT2D eigenvalue weighted by atomic mass is 10.8. The third-order valence-electron chi connectivity index (χ3n) is 2.73. The fourth-order valence-corrected chi connectivity index (χ4v) is 7.48. The van der Waals surface area contributed by atoms with Crippen LogP contribution in [-0.2, 0) is 10.0 Å². The fraction of sp³-hybridized carbons (Fsp3) is 0.667. The summed E-state index contributed by atoms with van der Waals surface area (Å²) in [5, 5.41) is 6.56. The maximum absolute atomic E-state index is 12.4. The van der Waals surface area contributed by atoms with Crippen molar-refractivity contribution >= 4 is 27.5 Å². The molecule has 2 atom stereocenters. The predicted octanol–water partition coefficient (Wildman–Crippen LogP) is 1.91. The first-order chi connectivity index (χ1) is 8.16. The van der Waals surface area contributed by atoms with Crippen LogP contribution >= 0.6 is 17.5 Å². The number of aromatic nitrogens is 2. The topological polar surface area (TPSA) is 66.1 Å². The van der Waals surface area contributed by atoms with Crippen LogP contribution in [0.3, 0.4) is 0 Å². The molecule has 17 heavy (non-hydrogen) atoms. The molecule has 0 amide bonds. The molecule has 0 bridgehead atoms. The number of nitrogens with zero attached hydrogens (tertiary/aromatic N) is 2. The highest BCUT2D eigenvalue weighted by Gasteiger charge is 2.36. The lowest BCUT2D eigenvalue weighted by Gasteiger charge is -2.20. The first-order valence-electron chi connectivity index (χ1n) is 5.74. The van der Waals surface area contributed by atoms with Gasteiger partial charge in [-0.05, 0) is 60.5 Å². The average Bonchev–Trinajstić information content (AvgIpc) is 3.21. The van der Waals surface area contributed by atoms with Crippen LogP contribution in [0.25, 0.3) is 0 Å². The molecular weight excluding hydrogens is 276 g/mol. The van der Waals surface area contributed by atoms with Crippen LogP contribution < -0.4 is 0 Å². The summed E-state index contributed by atoms with van der Waals surface area (Å²) in [5.74, 6) is 0. The second-order valence-corrected chi connectivity index (χ2v) is 10.4. The van der Waals surface area contributed by atoms with Gasteiger partial charge in [0.15, 0.2) is 5.03 Å². The molecule has 8 heteroatoms. The van der Waals surface area contributed by atoms with E-state index < -0.39 is 10.0 Å². The maximum Gasteiger partial charge on any atom is 0.268 e. The van der Waals surface area contributed by atoms with Crippen LogP contribution in [0.5, 0.6) is 0 Å². The van der Waals surface area contributed by atoms with Crippen LogP contribution in [0.1, 0.15) is 25.7 Å². The molecule has 2 unspecified atom stereocenters. The van der Waals surface area contributed by atoms with E-state index in [-0.39, 0.29) is 5.03 Å². The van der Waals surface area contributed by atoms with Crippen molar-refractivity contribution in [1.29, 1.82) is 0 Å². The van der Waals surface area contributed by atoms with Gasteiger partial charge in [-0.25, -0.2) is 8.42 Å². The normalized spacial score (nSPS) is 22.4. The summed E-state index contributed by atoms with van der Waals surface area (Å²) < 4.78 is 26.4. The van der Waals surface area contributed by atoms with Crippen LogP contribution in [0.4, 0.5) is 0 Å². The van der Waals surface area contributed by atoms with Gasteiger partial charge in [-0.3, -0.25) is 5.10 Å². The monoisotopic (exact) mass is 291 g/mol. The highest BCUT2D eigenvalue weighted by molar-refractivity contribution is 7.97. The van der Waals surface area contributed by atoms with E-state index in [2.05, 4.69) is 10.2 Å². The molecule has 2 saturated carbocycles. The molecule has 94 valence electrons. The Morgan fingerprint density at radius 3 is 2.24 bits per heavy atom. The van der Waals surface area contributed by atoms with Gasteiger partial charge >= 0.3 is 0 Å². The number of nitrogens with one attached hydrogen (secondary N) is 1. The number of hydrogen-bond donors (Lipinski definition) is 1.